The van der Waals surface area contributed by atoms with Gasteiger partial charge in [0, 0.05) is 11.4 Å². The van der Waals surface area contributed by atoms with Crippen LogP contribution in [0.15, 0.2) is 54.6 Å². The second kappa shape index (κ2) is 6.63. The van der Waals surface area contributed by atoms with Gasteiger partial charge < -0.3 is 4.90 Å². The Morgan fingerprint density at radius 3 is 1.72 bits per heavy atom. The van der Waals surface area contributed by atoms with E-state index in [9.17, 15) is 13.2 Å². The van der Waals surface area contributed by atoms with Gasteiger partial charge in [-0.15, -0.1) is 0 Å². The van der Waals surface area contributed by atoms with Crippen LogP contribution in [0.3, 0.4) is 0 Å². The summed E-state index contributed by atoms with van der Waals surface area (Å²) in [6.07, 6.45) is 0. The minimum atomic E-state index is -0.695. The number of hydrogen-bond donors (Lipinski definition) is 0. The smallest absolute Gasteiger partial charge is 0.150 e. The molecule has 0 unspecified atom stereocenters. The van der Waals surface area contributed by atoms with Gasteiger partial charge in [-0.25, -0.2) is 13.2 Å². The van der Waals surface area contributed by atoms with Gasteiger partial charge in [0.2, 0.25) is 0 Å². The summed E-state index contributed by atoms with van der Waals surface area (Å²) in [5.41, 5.74) is 2.65. The first-order valence-electron chi connectivity index (χ1n) is 7.95. The van der Waals surface area contributed by atoms with Crippen LogP contribution in [0.4, 0.5) is 30.2 Å². The van der Waals surface area contributed by atoms with Gasteiger partial charge in [-0.1, -0.05) is 23.8 Å². The van der Waals surface area contributed by atoms with E-state index in [1.54, 1.807) is 38.1 Å². The first-order valence-corrected chi connectivity index (χ1v) is 7.95. The highest BCUT2D eigenvalue weighted by atomic mass is 19.1. The highest BCUT2D eigenvalue weighted by Crippen LogP contribution is 2.38. The summed E-state index contributed by atoms with van der Waals surface area (Å²) in [6, 6.07) is 14.3. The lowest BCUT2D eigenvalue weighted by atomic mass is 10.1. The van der Waals surface area contributed by atoms with Crippen molar-refractivity contribution >= 4 is 17.1 Å². The van der Waals surface area contributed by atoms with E-state index in [-0.39, 0.29) is 5.69 Å². The summed E-state index contributed by atoms with van der Waals surface area (Å²) in [5, 5.41) is 0. The molecular formula is C21H18F3N. The van der Waals surface area contributed by atoms with Gasteiger partial charge in [0.25, 0.3) is 0 Å². The molecule has 0 amide bonds. The molecule has 0 aromatic heterocycles. The van der Waals surface area contributed by atoms with Crippen LogP contribution in [-0.2, 0) is 0 Å². The van der Waals surface area contributed by atoms with E-state index in [4.69, 9.17) is 0 Å². The molecule has 4 heteroatoms. The quantitative estimate of drug-likeness (QED) is 0.525. The average Bonchev–Trinajstić information content (AvgIpc) is 2.55. The Bertz CT molecular complexity index is 894. The van der Waals surface area contributed by atoms with Gasteiger partial charge in [-0.05, 0) is 68.3 Å². The van der Waals surface area contributed by atoms with Crippen molar-refractivity contribution in [3.63, 3.8) is 0 Å². The van der Waals surface area contributed by atoms with E-state index < -0.39 is 17.5 Å². The third-order valence-electron chi connectivity index (χ3n) is 4.09. The van der Waals surface area contributed by atoms with E-state index in [1.807, 2.05) is 19.1 Å². The van der Waals surface area contributed by atoms with Crippen LogP contribution < -0.4 is 4.90 Å². The van der Waals surface area contributed by atoms with Crippen molar-refractivity contribution in [1.82, 2.24) is 0 Å². The Labute approximate surface area is 145 Å². The summed E-state index contributed by atoms with van der Waals surface area (Å²) >= 11 is 0. The molecule has 0 atom stereocenters. The predicted octanol–water partition coefficient (Wildman–Crippen LogP) is 6.50. The molecule has 0 spiro atoms. The molecule has 1 nitrogen and oxygen atoms in total. The second-order valence-electron chi connectivity index (χ2n) is 6.18. The Morgan fingerprint density at radius 1 is 0.600 bits per heavy atom. The zero-order valence-electron chi connectivity index (χ0n) is 14.3. The van der Waals surface area contributed by atoms with Crippen LogP contribution in [-0.4, -0.2) is 0 Å². The van der Waals surface area contributed by atoms with Crippen molar-refractivity contribution in [1.29, 1.82) is 0 Å². The summed E-state index contributed by atoms with van der Waals surface area (Å²) in [5.74, 6) is -1.82. The topological polar surface area (TPSA) is 3.24 Å². The number of benzene rings is 3. The van der Waals surface area contributed by atoms with Crippen molar-refractivity contribution in [3.8, 4) is 0 Å². The van der Waals surface area contributed by atoms with Crippen molar-refractivity contribution in [2.24, 2.45) is 0 Å². The Hall–Kier alpha value is -2.75. The number of anilines is 3. The highest BCUT2D eigenvalue weighted by Gasteiger charge is 2.21. The van der Waals surface area contributed by atoms with Gasteiger partial charge in [0.05, 0.1) is 0 Å². The number of nitrogens with zero attached hydrogens (tertiary/aromatic N) is 1. The summed E-state index contributed by atoms with van der Waals surface area (Å²) < 4.78 is 43.3. The van der Waals surface area contributed by atoms with E-state index in [2.05, 4.69) is 0 Å². The molecule has 3 aromatic carbocycles. The molecule has 3 aromatic rings. The summed E-state index contributed by atoms with van der Waals surface area (Å²) in [7, 11) is 0. The Kier molecular flexibility index (Phi) is 4.53. The van der Waals surface area contributed by atoms with Crippen molar-refractivity contribution in [3.05, 3.63) is 88.7 Å². The van der Waals surface area contributed by atoms with Crippen LogP contribution in [0.2, 0.25) is 0 Å². The van der Waals surface area contributed by atoms with Gasteiger partial charge in [0.15, 0.2) is 0 Å². The zero-order valence-corrected chi connectivity index (χ0v) is 14.3. The first kappa shape index (κ1) is 17.1. The monoisotopic (exact) mass is 341 g/mol. The third-order valence-corrected chi connectivity index (χ3v) is 4.09. The zero-order chi connectivity index (χ0) is 18.1. The Balaban J connectivity index is 2.26. The average molecular weight is 341 g/mol. The standard InChI is InChI=1S/C21H18F3N/c1-13-4-7-16(8-5-13)25(17-9-6-15(3)18(22)12-17)21-19(23)10-14(2)11-20(21)24/h4-12H,1-3H3. The van der Waals surface area contributed by atoms with Crippen LogP contribution in [0.5, 0.6) is 0 Å². The molecule has 0 bridgehead atoms. The summed E-state index contributed by atoms with van der Waals surface area (Å²) in [6.45, 7) is 5.19. The molecule has 0 fully saturated rings. The van der Waals surface area contributed by atoms with E-state index in [0.29, 0.717) is 22.5 Å². The number of aryl methyl sites for hydroxylation is 3. The molecule has 0 heterocycles. The molecule has 0 radical (unpaired) electrons. The molecule has 0 saturated heterocycles. The van der Waals surface area contributed by atoms with Crippen molar-refractivity contribution < 1.29 is 13.2 Å². The maximum atomic E-state index is 14.6. The maximum Gasteiger partial charge on any atom is 0.150 e. The van der Waals surface area contributed by atoms with Crippen molar-refractivity contribution in [2.75, 3.05) is 4.90 Å². The van der Waals surface area contributed by atoms with Gasteiger partial charge in [-0.2, -0.15) is 0 Å². The molecule has 0 aliphatic carbocycles. The molecule has 0 aliphatic heterocycles. The van der Waals surface area contributed by atoms with Crippen molar-refractivity contribution in [2.45, 2.75) is 20.8 Å². The molecule has 25 heavy (non-hydrogen) atoms. The predicted molar refractivity (Wildman–Crippen MR) is 95.2 cm³/mol. The van der Waals surface area contributed by atoms with E-state index in [0.717, 1.165) is 5.56 Å². The fourth-order valence-electron chi connectivity index (χ4n) is 2.73. The lowest BCUT2D eigenvalue weighted by Gasteiger charge is -2.26. The summed E-state index contributed by atoms with van der Waals surface area (Å²) in [4.78, 5) is 1.39. The van der Waals surface area contributed by atoms with Crippen LogP contribution in [0, 0.1) is 38.2 Å². The number of halogens is 3. The maximum absolute atomic E-state index is 14.6. The SMILES string of the molecule is Cc1ccc(N(c2ccc(C)c(F)c2)c2c(F)cc(C)cc2F)cc1. The molecule has 0 saturated carbocycles. The Morgan fingerprint density at radius 2 is 1.16 bits per heavy atom. The molecule has 0 aliphatic rings. The number of rotatable bonds is 3. The minimum absolute atomic E-state index is 0.224. The lowest BCUT2D eigenvalue weighted by Crippen LogP contribution is -2.14. The largest absolute Gasteiger partial charge is 0.305 e. The van der Waals surface area contributed by atoms with Gasteiger partial charge in [-0.3, -0.25) is 0 Å². The molecule has 128 valence electrons. The highest BCUT2D eigenvalue weighted by molar-refractivity contribution is 5.77. The second-order valence-corrected chi connectivity index (χ2v) is 6.18. The first-order chi connectivity index (χ1) is 11.9. The molecule has 3 rings (SSSR count). The fraction of sp³-hybridized carbons (Fsp3) is 0.143. The van der Waals surface area contributed by atoms with Crippen LogP contribution in [0.1, 0.15) is 16.7 Å². The van der Waals surface area contributed by atoms with Crippen LogP contribution in [0.25, 0.3) is 0 Å². The third kappa shape index (κ3) is 3.38. The normalized spacial score (nSPS) is 10.8. The number of hydrogen-bond acceptors (Lipinski definition) is 1. The molecular weight excluding hydrogens is 323 g/mol. The van der Waals surface area contributed by atoms with Gasteiger partial charge in [0.1, 0.15) is 23.1 Å². The van der Waals surface area contributed by atoms with Gasteiger partial charge >= 0.3 is 0 Å². The van der Waals surface area contributed by atoms with Crippen LogP contribution >= 0.6 is 0 Å². The lowest BCUT2D eigenvalue weighted by molar-refractivity contribution is 0.583. The molecule has 0 N–H and O–H groups in total. The fourth-order valence-corrected chi connectivity index (χ4v) is 2.73. The minimum Gasteiger partial charge on any atom is -0.305 e. The van der Waals surface area contributed by atoms with E-state index in [1.165, 1.54) is 23.1 Å². The van der Waals surface area contributed by atoms with E-state index >= 15 is 0 Å².